The Morgan fingerprint density at radius 3 is 2.73 bits per heavy atom. The molecule has 4 nitrogen and oxygen atoms in total. The minimum atomic E-state index is -0.745. The van der Waals surface area contributed by atoms with Crippen LogP contribution in [0.5, 0.6) is 0 Å². The van der Waals surface area contributed by atoms with Gasteiger partial charge in [-0.05, 0) is 26.7 Å². The number of rotatable bonds is 1. The zero-order chi connectivity index (χ0) is 11.1. The molecule has 1 unspecified atom stereocenters. The number of nitrogens with two attached hydrogens (primary N) is 1. The molecule has 0 aromatic carbocycles. The summed E-state index contributed by atoms with van der Waals surface area (Å²) in [6.07, 6.45) is 2.15. The summed E-state index contributed by atoms with van der Waals surface area (Å²) in [5.74, 6) is 0.0614. The molecule has 15 heavy (non-hydrogen) atoms. The molecule has 1 spiro atoms. The van der Waals surface area contributed by atoms with Gasteiger partial charge in [-0.2, -0.15) is 0 Å². The molecule has 0 aromatic heterocycles. The number of carbonyl (C=O) groups is 1. The second kappa shape index (κ2) is 3.46. The predicted molar refractivity (Wildman–Crippen MR) is 57.3 cm³/mol. The van der Waals surface area contributed by atoms with Gasteiger partial charge >= 0.3 is 0 Å². The van der Waals surface area contributed by atoms with Crippen LogP contribution in [0.25, 0.3) is 0 Å². The van der Waals surface area contributed by atoms with Gasteiger partial charge in [-0.3, -0.25) is 4.79 Å². The van der Waals surface area contributed by atoms with Crippen molar-refractivity contribution in [3.63, 3.8) is 0 Å². The first-order chi connectivity index (χ1) is 6.93. The monoisotopic (exact) mass is 212 g/mol. The van der Waals surface area contributed by atoms with Crippen molar-refractivity contribution in [2.24, 2.45) is 11.1 Å². The van der Waals surface area contributed by atoms with E-state index < -0.39 is 5.54 Å². The fourth-order valence-corrected chi connectivity index (χ4v) is 2.49. The maximum absolute atomic E-state index is 12.0. The average Bonchev–Trinajstić information content (AvgIpc) is 2.75. The maximum Gasteiger partial charge on any atom is 0.242 e. The van der Waals surface area contributed by atoms with Gasteiger partial charge < -0.3 is 15.4 Å². The lowest BCUT2D eigenvalue weighted by Gasteiger charge is -2.27. The van der Waals surface area contributed by atoms with Crippen molar-refractivity contribution in [3.8, 4) is 0 Å². The Morgan fingerprint density at radius 2 is 2.20 bits per heavy atom. The minimum absolute atomic E-state index is 0.0614. The standard InChI is InChI=1S/C11H20N2O2/c1-10(2,12)9(14)13-5-3-11(7-13)4-6-15-8-11/h3-8,12H2,1-2H3. The highest BCUT2D eigenvalue weighted by Gasteiger charge is 2.44. The van der Waals surface area contributed by atoms with E-state index in [2.05, 4.69) is 0 Å². The van der Waals surface area contributed by atoms with E-state index in [4.69, 9.17) is 10.5 Å². The van der Waals surface area contributed by atoms with Crippen molar-refractivity contribution in [1.82, 2.24) is 4.90 Å². The lowest BCUT2D eigenvalue weighted by Crippen LogP contribution is -2.50. The van der Waals surface area contributed by atoms with Crippen LogP contribution in [0.3, 0.4) is 0 Å². The predicted octanol–water partition coefficient (Wildman–Crippen LogP) is 0.363. The molecule has 2 aliphatic heterocycles. The first-order valence-corrected chi connectivity index (χ1v) is 5.59. The van der Waals surface area contributed by atoms with Crippen LogP contribution in [0.2, 0.25) is 0 Å². The normalized spacial score (nSPS) is 31.5. The average molecular weight is 212 g/mol. The van der Waals surface area contributed by atoms with Gasteiger partial charge in [0.1, 0.15) is 0 Å². The molecule has 0 saturated carbocycles. The largest absolute Gasteiger partial charge is 0.381 e. The fourth-order valence-electron chi connectivity index (χ4n) is 2.49. The summed E-state index contributed by atoms with van der Waals surface area (Å²) >= 11 is 0. The molecule has 1 amide bonds. The second-order valence-corrected chi connectivity index (χ2v) is 5.50. The van der Waals surface area contributed by atoms with E-state index in [-0.39, 0.29) is 11.3 Å². The zero-order valence-corrected chi connectivity index (χ0v) is 9.58. The van der Waals surface area contributed by atoms with Gasteiger partial charge in [0.2, 0.25) is 5.91 Å². The van der Waals surface area contributed by atoms with Crippen molar-refractivity contribution < 1.29 is 9.53 Å². The van der Waals surface area contributed by atoms with Crippen molar-refractivity contribution >= 4 is 5.91 Å². The Bertz CT molecular complexity index is 264. The van der Waals surface area contributed by atoms with E-state index in [0.29, 0.717) is 0 Å². The summed E-state index contributed by atoms with van der Waals surface area (Å²) in [5, 5.41) is 0. The SMILES string of the molecule is CC(C)(N)C(=O)N1CCC2(CCOC2)C1. The van der Waals surface area contributed by atoms with Gasteiger partial charge in [-0.15, -0.1) is 0 Å². The maximum atomic E-state index is 12.0. The molecule has 2 heterocycles. The van der Waals surface area contributed by atoms with Crippen molar-refractivity contribution in [2.75, 3.05) is 26.3 Å². The molecule has 0 bridgehead atoms. The third-order valence-corrected chi connectivity index (χ3v) is 3.46. The number of hydrogen-bond acceptors (Lipinski definition) is 3. The third-order valence-electron chi connectivity index (χ3n) is 3.46. The van der Waals surface area contributed by atoms with E-state index >= 15 is 0 Å². The van der Waals surface area contributed by atoms with Crippen molar-refractivity contribution in [1.29, 1.82) is 0 Å². The van der Waals surface area contributed by atoms with Gasteiger partial charge in [0.25, 0.3) is 0 Å². The number of carbonyl (C=O) groups excluding carboxylic acids is 1. The number of nitrogens with zero attached hydrogens (tertiary/aromatic N) is 1. The van der Waals surface area contributed by atoms with E-state index in [0.717, 1.165) is 39.1 Å². The summed E-state index contributed by atoms with van der Waals surface area (Å²) in [6, 6.07) is 0. The summed E-state index contributed by atoms with van der Waals surface area (Å²) in [4.78, 5) is 13.9. The van der Waals surface area contributed by atoms with E-state index in [1.54, 1.807) is 13.8 Å². The summed E-state index contributed by atoms with van der Waals surface area (Å²) in [7, 11) is 0. The molecule has 4 heteroatoms. The van der Waals surface area contributed by atoms with E-state index in [1.165, 1.54) is 0 Å². The van der Waals surface area contributed by atoms with Crippen LogP contribution in [-0.2, 0) is 9.53 Å². The molecular weight excluding hydrogens is 192 g/mol. The van der Waals surface area contributed by atoms with Gasteiger partial charge in [0.15, 0.2) is 0 Å². The molecule has 2 fully saturated rings. The Kier molecular flexibility index (Phi) is 2.51. The van der Waals surface area contributed by atoms with Crippen LogP contribution >= 0.6 is 0 Å². The molecule has 0 aromatic rings. The smallest absolute Gasteiger partial charge is 0.242 e. The minimum Gasteiger partial charge on any atom is -0.381 e. The molecule has 1 atom stereocenters. The Hall–Kier alpha value is -0.610. The Morgan fingerprint density at radius 1 is 1.47 bits per heavy atom. The molecule has 2 saturated heterocycles. The van der Waals surface area contributed by atoms with Crippen LogP contribution in [0.15, 0.2) is 0 Å². The number of amides is 1. The molecule has 0 radical (unpaired) electrons. The first-order valence-electron chi connectivity index (χ1n) is 5.59. The van der Waals surface area contributed by atoms with Crippen LogP contribution in [0.4, 0.5) is 0 Å². The first kappa shape index (κ1) is 10.9. The van der Waals surface area contributed by atoms with Gasteiger partial charge in [-0.25, -0.2) is 0 Å². The molecule has 2 N–H and O–H groups in total. The van der Waals surface area contributed by atoms with Crippen LogP contribution in [0.1, 0.15) is 26.7 Å². The lowest BCUT2D eigenvalue weighted by molar-refractivity contribution is -0.135. The summed E-state index contributed by atoms with van der Waals surface area (Å²) < 4.78 is 5.43. The Balaban J connectivity index is 2.01. The van der Waals surface area contributed by atoms with Crippen molar-refractivity contribution in [3.05, 3.63) is 0 Å². The van der Waals surface area contributed by atoms with Crippen LogP contribution in [-0.4, -0.2) is 42.6 Å². The van der Waals surface area contributed by atoms with Gasteiger partial charge in [0, 0.05) is 25.1 Å². The number of likely N-dealkylation sites (tertiary alicyclic amines) is 1. The van der Waals surface area contributed by atoms with Crippen molar-refractivity contribution in [2.45, 2.75) is 32.2 Å². The molecule has 2 rings (SSSR count). The Labute approximate surface area is 90.8 Å². The van der Waals surface area contributed by atoms with Gasteiger partial charge in [-0.1, -0.05) is 0 Å². The highest BCUT2D eigenvalue weighted by atomic mass is 16.5. The van der Waals surface area contributed by atoms with Gasteiger partial charge in [0.05, 0.1) is 12.1 Å². The summed E-state index contributed by atoms with van der Waals surface area (Å²) in [5.41, 5.74) is 5.32. The fraction of sp³-hybridized carbons (Fsp3) is 0.909. The highest BCUT2D eigenvalue weighted by Crippen LogP contribution is 2.38. The zero-order valence-electron chi connectivity index (χ0n) is 9.58. The molecule has 86 valence electrons. The molecule has 0 aliphatic carbocycles. The second-order valence-electron chi connectivity index (χ2n) is 5.50. The topological polar surface area (TPSA) is 55.6 Å². The third kappa shape index (κ3) is 2.01. The van der Waals surface area contributed by atoms with Crippen LogP contribution < -0.4 is 5.73 Å². The quantitative estimate of drug-likeness (QED) is 0.683. The molecule has 2 aliphatic rings. The molecular formula is C11H20N2O2. The number of ether oxygens (including phenoxy) is 1. The van der Waals surface area contributed by atoms with Crippen LogP contribution in [0, 0.1) is 5.41 Å². The highest BCUT2D eigenvalue weighted by molar-refractivity contribution is 5.85. The lowest BCUT2D eigenvalue weighted by atomic mass is 9.87. The van der Waals surface area contributed by atoms with E-state index in [1.807, 2.05) is 4.90 Å². The number of hydrogen-bond donors (Lipinski definition) is 1. The van der Waals surface area contributed by atoms with E-state index in [9.17, 15) is 4.79 Å². The summed E-state index contributed by atoms with van der Waals surface area (Å²) in [6.45, 7) is 6.85.